The molecule has 1 fully saturated rings. The normalized spacial score (nSPS) is 47.5. The minimum Gasteiger partial charge on any atom is -0.386 e. The van der Waals surface area contributed by atoms with Gasteiger partial charge in [0.15, 0.2) is 0 Å². The van der Waals surface area contributed by atoms with Gasteiger partial charge in [0.1, 0.15) is 0 Å². The van der Waals surface area contributed by atoms with Crippen LogP contribution in [0.5, 0.6) is 0 Å². The molecule has 0 saturated heterocycles. The molecule has 0 spiro atoms. The molecule has 1 saturated carbocycles. The summed E-state index contributed by atoms with van der Waals surface area (Å²) in [4.78, 5) is 0. The van der Waals surface area contributed by atoms with Crippen LogP contribution in [0, 0.1) is 23.7 Å². The standard InChI is InChI=1S/C15H24O/c1-10(2)12-7-8-15(4,16)14-6-5-11(3)9-13(12)14/h7-8,11-14,16H,1,5-6,9H2,2-4H3/t11-,12+,13+,14+,15+/m0/s1. The lowest BCUT2D eigenvalue weighted by atomic mass is 9.59. The lowest BCUT2D eigenvalue weighted by Gasteiger charge is -2.47. The van der Waals surface area contributed by atoms with Gasteiger partial charge in [-0.1, -0.05) is 37.6 Å². The number of aliphatic hydroxyl groups is 1. The van der Waals surface area contributed by atoms with Crippen LogP contribution in [0.25, 0.3) is 0 Å². The summed E-state index contributed by atoms with van der Waals surface area (Å²) in [7, 11) is 0. The maximum Gasteiger partial charge on any atom is 0.0830 e. The second-order valence-electron chi connectivity index (χ2n) is 6.15. The van der Waals surface area contributed by atoms with E-state index in [1.54, 1.807) is 0 Å². The molecule has 1 nitrogen and oxygen atoms in total. The zero-order chi connectivity index (χ0) is 11.9. The second-order valence-corrected chi connectivity index (χ2v) is 6.15. The van der Waals surface area contributed by atoms with Crippen LogP contribution >= 0.6 is 0 Å². The molecule has 0 aromatic carbocycles. The van der Waals surface area contributed by atoms with Crippen molar-refractivity contribution in [1.29, 1.82) is 0 Å². The van der Waals surface area contributed by atoms with E-state index in [1.807, 2.05) is 13.0 Å². The highest BCUT2D eigenvalue weighted by molar-refractivity contribution is 5.20. The van der Waals surface area contributed by atoms with Crippen molar-refractivity contribution in [3.63, 3.8) is 0 Å². The van der Waals surface area contributed by atoms with Crippen molar-refractivity contribution in [3.8, 4) is 0 Å². The third kappa shape index (κ3) is 1.98. The van der Waals surface area contributed by atoms with Crippen molar-refractivity contribution >= 4 is 0 Å². The minimum absolute atomic E-state index is 0.426. The molecule has 0 unspecified atom stereocenters. The van der Waals surface area contributed by atoms with E-state index in [9.17, 15) is 5.11 Å². The molecule has 2 aliphatic carbocycles. The Kier molecular flexibility index (Phi) is 3.00. The molecule has 0 heterocycles. The highest BCUT2D eigenvalue weighted by atomic mass is 16.3. The van der Waals surface area contributed by atoms with Gasteiger partial charge in [0.25, 0.3) is 0 Å². The molecule has 16 heavy (non-hydrogen) atoms. The summed E-state index contributed by atoms with van der Waals surface area (Å²) >= 11 is 0. The third-order valence-corrected chi connectivity index (χ3v) is 4.58. The Labute approximate surface area is 99.3 Å². The van der Waals surface area contributed by atoms with E-state index < -0.39 is 5.60 Å². The monoisotopic (exact) mass is 220 g/mol. The van der Waals surface area contributed by atoms with Gasteiger partial charge in [-0.15, -0.1) is 0 Å². The van der Waals surface area contributed by atoms with Gasteiger partial charge >= 0.3 is 0 Å². The maximum absolute atomic E-state index is 10.4. The van der Waals surface area contributed by atoms with Crippen LogP contribution in [0.4, 0.5) is 0 Å². The molecule has 0 aliphatic heterocycles. The topological polar surface area (TPSA) is 20.2 Å². The smallest absolute Gasteiger partial charge is 0.0830 e. The van der Waals surface area contributed by atoms with Crippen LogP contribution in [-0.4, -0.2) is 10.7 Å². The zero-order valence-corrected chi connectivity index (χ0v) is 10.7. The third-order valence-electron chi connectivity index (χ3n) is 4.58. The molecular formula is C15H24O. The molecule has 0 amide bonds. The largest absolute Gasteiger partial charge is 0.386 e. The van der Waals surface area contributed by atoms with Crippen molar-refractivity contribution in [2.75, 3.05) is 0 Å². The Morgan fingerprint density at radius 1 is 1.44 bits per heavy atom. The predicted molar refractivity (Wildman–Crippen MR) is 68.1 cm³/mol. The van der Waals surface area contributed by atoms with Gasteiger partial charge in [0, 0.05) is 5.92 Å². The number of hydrogen-bond donors (Lipinski definition) is 1. The average molecular weight is 220 g/mol. The van der Waals surface area contributed by atoms with Gasteiger partial charge in [0.05, 0.1) is 5.60 Å². The van der Waals surface area contributed by atoms with Crippen molar-refractivity contribution in [2.45, 2.75) is 45.6 Å². The number of fused-ring (bicyclic) bond motifs is 1. The fourth-order valence-electron chi connectivity index (χ4n) is 3.64. The van der Waals surface area contributed by atoms with Crippen LogP contribution in [0.15, 0.2) is 24.3 Å². The second kappa shape index (κ2) is 4.03. The molecule has 1 heteroatoms. The fourth-order valence-corrected chi connectivity index (χ4v) is 3.64. The fraction of sp³-hybridized carbons (Fsp3) is 0.733. The summed E-state index contributed by atoms with van der Waals surface area (Å²) in [6.07, 6.45) is 7.84. The molecule has 0 aromatic rings. The van der Waals surface area contributed by atoms with Crippen LogP contribution in [0.1, 0.15) is 40.0 Å². The Morgan fingerprint density at radius 2 is 2.12 bits per heavy atom. The van der Waals surface area contributed by atoms with Crippen LogP contribution in [0.3, 0.4) is 0 Å². The molecular weight excluding hydrogens is 196 g/mol. The van der Waals surface area contributed by atoms with Gasteiger partial charge in [0.2, 0.25) is 0 Å². The first-order valence-electron chi connectivity index (χ1n) is 6.49. The van der Waals surface area contributed by atoms with Crippen molar-refractivity contribution in [1.82, 2.24) is 0 Å². The Hall–Kier alpha value is -0.560. The van der Waals surface area contributed by atoms with E-state index in [0.717, 1.165) is 12.3 Å². The van der Waals surface area contributed by atoms with Gasteiger partial charge in [-0.3, -0.25) is 0 Å². The first-order chi connectivity index (χ1) is 7.42. The molecule has 0 aromatic heterocycles. The van der Waals surface area contributed by atoms with E-state index in [-0.39, 0.29) is 0 Å². The molecule has 2 rings (SSSR count). The molecule has 0 bridgehead atoms. The Morgan fingerprint density at radius 3 is 2.75 bits per heavy atom. The first kappa shape index (κ1) is 11.9. The van der Waals surface area contributed by atoms with Gasteiger partial charge in [-0.2, -0.15) is 0 Å². The van der Waals surface area contributed by atoms with Crippen LogP contribution < -0.4 is 0 Å². The minimum atomic E-state index is -0.600. The first-order valence-corrected chi connectivity index (χ1v) is 6.49. The van der Waals surface area contributed by atoms with Gasteiger partial charge < -0.3 is 5.11 Å². The highest BCUT2D eigenvalue weighted by Crippen LogP contribution is 2.48. The summed E-state index contributed by atoms with van der Waals surface area (Å²) in [5.74, 6) is 2.30. The molecule has 2 aliphatic rings. The summed E-state index contributed by atoms with van der Waals surface area (Å²) in [5.41, 5.74) is 0.646. The lowest BCUT2D eigenvalue weighted by Crippen LogP contribution is -2.46. The van der Waals surface area contributed by atoms with Crippen molar-refractivity contribution in [2.24, 2.45) is 23.7 Å². The van der Waals surface area contributed by atoms with E-state index >= 15 is 0 Å². The predicted octanol–water partition coefficient (Wildman–Crippen LogP) is 3.55. The SMILES string of the molecule is C=C(C)[C@H]1C=C[C@@](C)(O)[C@@H]2CC[C@H](C)C[C@H]12. The molecule has 5 atom stereocenters. The summed E-state index contributed by atoms with van der Waals surface area (Å²) < 4.78 is 0. The Bertz CT molecular complexity index is 313. The van der Waals surface area contributed by atoms with Gasteiger partial charge in [-0.05, 0) is 44.4 Å². The maximum atomic E-state index is 10.4. The lowest BCUT2D eigenvalue weighted by molar-refractivity contribution is -0.0297. The van der Waals surface area contributed by atoms with Crippen molar-refractivity contribution < 1.29 is 5.11 Å². The van der Waals surface area contributed by atoms with E-state index in [1.165, 1.54) is 18.4 Å². The van der Waals surface area contributed by atoms with Crippen LogP contribution in [-0.2, 0) is 0 Å². The summed E-state index contributed by atoms with van der Waals surface area (Å²) in [5, 5.41) is 10.4. The van der Waals surface area contributed by atoms with E-state index in [0.29, 0.717) is 17.8 Å². The molecule has 1 N–H and O–H groups in total. The quantitative estimate of drug-likeness (QED) is 0.670. The number of hydrogen-bond acceptors (Lipinski definition) is 1. The van der Waals surface area contributed by atoms with E-state index in [4.69, 9.17) is 0 Å². The summed E-state index contributed by atoms with van der Waals surface area (Å²) in [6, 6.07) is 0. The molecule has 90 valence electrons. The van der Waals surface area contributed by atoms with Crippen molar-refractivity contribution in [3.05, 3.63) is 24.3 Å². The van der Waals surface area contributed by atoms with Gasteiger partial charge in [-0.25, -0.2) is 0 Å². The molecule has 0 radical (unpaired) electrons. The number of allylic oxidation sites excluding steroid dienone is 2. The average Bonchev–Trinajstić information content (AvgIpc) is 2.16. The van der Waals surface area contributed by atoms with E-state index in [2.05, 4.69) is 26.5 Å². The van der Waals surface area contributed by atoms with Crippen LogP contribution in [0.2, 0.25) is 0 Å². The Balaban J connectivity index is 2.30. The highest BCUT2D eigenvalue weighted by Gasteiger charge is 2.44. The summed E-state index contributed by atoms with van der Waals surface area (Å²) in [6.45, 7) is 10.5. The zero-order valence-electron chi connectivity index (χ0n) is 10.7. The number of rotatable bonds is 1.